The largest absolute Gasteiger partial charge is 0.444 e. The predicted molar refractivity (Wildman–Crippen MR) is 74.5 cm³/mol. The average molecular weight is 281 g/mol. The second-order valence-electron chi connectivity index (χ2n) is 6.35. The van der Waals surface area contributed by atoms with Crippen LogP contribution in [0.2, 0.25) is 0 Å². The molecule has 0 aromatic carbocycles. The fraction of sp³-hybridized carbons (Fsp3) is 0.714. The van der Waals surface area contributed by atoms with Gasteiger partial charge in [0, 0.05) is 31.4 Å². The number of nitrogens with zero attached hydrogens (tertiary/aromatic N) is 3. The first-order chi connectivity index (χ1) is 9.19. The van der Waals surface area contributed by atoms with E-state index in [4.69, 9.17) is 4.74 Å². The SMILES string of the molecule is Cc1ncc([C@@H]2CN(C(=O)OC(C)(C)C)C[C@H]2O)n1C. The predicted octanol–water partition coefficient (Wildman–Crippen LogP) is 1.42. The van der Waals surface area contributed by atoms with Crippen LogP contribution in [0.15, 0.2) is 6.20 Å². The van der Waals surface area contributed by atoms with Crippen LogP contribution in [0.5, 0.6) is 0 Å². The second kappa shape index (κ2) is 5.09. The Balaban J connectivity index is 2.09. The number of rotatable bonds is 1. The number of carbonyl (C=O) groups is 1. The van der Waals surface area contributed by atoms with Crippen LogP contribution < -0.4 is 0 Å². The molecule has 0 bridgehead atoms. The van der Waals surface area contributed by atoms with Crippen LogP contribution in [0.3, 0.4) is 0 Å². The number of aliphatic hydroxyl groups excluding tert-OH is 1. The number of likely N-dealkylation sites (tertiary alicyclic amines) is 1. The summed E-state index contributed by atoms with van der Waals surface area (Å²) in [5, 5.41) is 10.2. The molecule has 0 radical (unpaired) electrons. The van der Waals surface area contributed by atoms with E-state index >= 15 is 0 Å². The Hall–Kier alpha value is -1.56. The average Bonchev–Trinajstić information content (AvgIpc) is 2.82. The molecule has 2 rings (SSSR count). The van der Waals surface area contributed by atoms with Gasteiger partial charge >= 0.3 is 6.09 Å². The summed E-state index contributed by atoms with van der Waals surface area (Å²) in [5.41, 5.74) is 0.421. The molecule has 1 fully saturated rings. The van der Waals surface area contributed by atoms with Gasteiger partial charge in [-0.3, -0.25) is 0 Å². The van der Waals surface area contributed by atoms with E-state index in [-0.39, 0.29) is 12.0 Å². The maximum atomic E-state index is 12.0. The van der Waals surface area contributed by atoms with Gasteiger partial charge in [0.2, 0.25) is 0 Å². The number of hydrogen-bond acceptors (Lipinski definition) is 4. The number of β-amino-alcohol motifs (C(OH)–C–C–N with tert-alkyl or cyclic N) is 1. The van der Waals surface area contributed by atoms with Crippen molar-refractivity contribution < 1.29 is 14.6 Å². The smallest absolute Gasteiger partial charge is 0.410 e. The Labute approximate surface area is 119 Å². The number of aromatic nitrogens is 2. The molecule has 20 heavy (non-hydrogen) atoms. The van der Waals surface area contributed by atoms with Crippen LogP contribution in [0.25, 0.3) is 0 Å². The highest BCUT2D eigenvalue weighted by atomic mass is 16.6. The minimum Gasteiger partial charge on any atom is -0.444 e. The molecular weight excluding hydrogens is 258 g/mol. The number of aryl methyl sites for hydroxylation is 1. The quantitative estimate of drug-likeness (QED) is 0.845. The Kier molecular flexibility index (Phi) is 3.77. The molecule has 112 valence electrons. The van der Waals surface area contributed by atoms with Gasteiger partial charge in [-0.1, -0.05) is 0 Å². The van der Waals surface area contributed by atoms with Gasteiger partial charge in [0.15, 0.2) is 0 Å². The Bertz CT molecular complexity index is 504. The summed E-state index contributed by atoms with van der Waals surface area (Å²) in [6, 6.07) is 0. The van der Waals surface area contributed by atoms with Crippen LogP contribution >= 0.6 is 0 Å². The molecule has 1 aromatic rings. The molecule has 1 aliphatic rings. The third-order valence-corrected chi connectivity index (χ3v) is 3.58. The van der Waals surface area contributed by atoms with E-state index in [2.05, 4.69) is 4.98 Å². The maximum Gasteiger partial charge on any atom is 0.410 e. The van der Waals surface area contributed by atoms with Gasteiger partial charge in [0.1, 0.15) is 11.4 Å². The van der Waals surface area contributed by atoms with Gasteiger partial charge in [-0.15, -0.1) is 0 Å². The number of amides is 1. The Morgan fingerprint density at radius 1 is 1.45 bits per heavy atom. The zero-order valence-electron chi connectivity index (χ0n) is 12.8. The molecule has 1 aromatic heterocycles. The molecule has 2 atom stereocenters. The van der Waals surface area contributed by atoms with Gasteiger partial charge in [0.05, 0.1) is 12.6 Å². The van der Waals surface area contributed by atoms with Crippen molar-refractivity contribution in [3.63, 3.8) is 0 Å². The lowest BCUT2D eigenvalue weighted by atomic mass is 10.0. The molecule has 1 aliphatic heterocycles. The van der Waals surface area contributed by atoms with Gasteiger partial charge in [-0.25, -0.2) is 9.78 Å². The maximum absolute atomic E-state index is 12.0. The summed E-state index contributed by atoms with van der Waals surface area (Å²) in [7, 11) is 1.92. The van der Waals surface area contributed by atoms with E-state index in [1.165, 1.54) is 0 Å². The van der Waals surface area contributed by atoms with Crippen molar-refractivity contribution in [1.29, 1.82) is 0 Å². The zero-order chi connectivity index (χ0) is 15.1. The topological polar surface area (TPSA) is 67.6 Å². The normalized spacial score (nSPS) is 23.2. The number of hydrogen-bond donors (Lipinski definition) is 1. The fourth-order valence-electron chi connectivity index (χ4n) is 2.42. The fourth-order valence-corrected chi connectivity index (χ4v) is 2.42. The summed E-state index contributed by atoms with van der Waals surface area (Å²) in [6.07, 6.45) is 0.803. The van der Waals surface area contributed by atoms with Gasteiger partial charge < -0.3 is 19.3 Å². The third kappa shape index (κ3) is 2.95. The molecule has 2 heterocycles. The van der Waals surface area contributed by atoms with E-state index in [1.807, 2.05) is 39.3 Å². The van der Waals surface area contributed by atoms with Crippen LogP contribution in [0.1, 0.15) is 38.2 Å². The van der Waals surface area contributed by atoms with Crippen LogP contribution in [-0.2, 0) is 11.8 Å². The molecule has 6 heteroatoms. The lowest BCUT2D eigenvalue weighted by Crippen LogP contribution is -2.35. The molecule has 0 aliphatic carbocycles. The van der Waals surface area contributed by atoms with Crippen molar-refractivity contribution in [2.24, 2.45) is 7.05 Å². The molecule has 6 nitrogen and oxygen atoms in total. The van der Waals surface area contributed by atoms with Gasteiger partial charge in [-0.05, 0) is 27.7 Å². The number of carbonyl (C=O) groups excluding carboxylic acids is 1. The van der Waals surface area contributed by atoms with Crippen molar-refractivity contribution in [2.75, 3.05) is 13.1 Å². The van der Waals surface area contributed by atoms with E-state index in [0.29, 0.717) is 13.1 Å². The standard InChI is InChI=1S/C14H23N3O3/c1-9-15-6-11(16(9)5)10-7-17(8-12(10)18)13(19)20-14(2,3)4/h6,10,12,18H,7-8H2,1-5H3/t10-,12+/m0/s1. The highest BCUT2D eigenvalue weighted by Crippen LogP contribution is 2.28. The van der Waals surface area contributed by atoms with Gasteiger partial charge in [0.25, 0.3) is 0 Å². The van der Waals surface area contributed by atoms with Crippen molar-refractivity contribution in [3.05, 3.63) is 17.7 Å². The molecular formula is C14H23N3O3. The Morgan fingerprint density at radius 3 is 2.60 bits per heavy atom. The van der Waals surface area contributed by atoms with Crippen molar-refractivity contribution >= 4 is 6.09 Å². The zero-order valence-corrected chi connectivity index (χ0v) is 12.8. The summed E-state index contributed by atoms with van der Waals surface area (Å²) in [4.78, 5) is 17.8. The molecule has 1 N–H and O–H groups in total. The summed E-state index contributed by atoms with van der Waals surface area (Å²) in [6.45, 7) is 8.16. The van der Waals surface area contributed by atoms with Crippen molar-refractivity contribution in [2.45, 2.75) is 45.3 Å². The van der Waals surface area contributed by atoms with Gasteiger partial charge in [-0.2, -0.15) is 0 Å². The summed E-state index contributed by atoms with van der Waals surface area (Å²) in [5.74, 6) is 0.775. The minimum absolute atomic E-state index is 0.117. The van der Waals surface area contributed by atoms with Crippen molar-refractivity contribution in [1.82, 2.24) is 14.5 Å². The molecule has 0 unspecified atom stereocenters. The summed E-state index contributed by atoms with van der Waals surface area (Å²) >= 11 is 0. The van der Waals surface area contributed by atoms with E-state index in [0.717, 1.165) is 11.5 Å². The van der Waals surface area contributed by atoms with Crippen LogP contribution in [0, 0.1) is 6.92 Å². The first-order valence-corrected chi connectivity index (χ1v) is 6.83. The van der Waals surface area contributed by atoms with Crippen LogP contribution in [0.4, 0.5) is 4.79 Å². The number of ether oxygens (including phenoxy) is 1. The highest BCUT2D eigenvalue weighted by molar-refractivity contribution is 5.68. The molecule has 1 amide bonds. The minimum atomic E-state index is -0.586. The molecule has 0 spiro atoms. The van der Waals surface area contributed by atoms with Crippen molar-refractivity contribution in [3.8, 4) is 0 Å². The van der Waals surface area contributed by atoms with Crippen LogP contribution in [-0.4, -0.2) is 50.4 Å². The summed E-state index contributed by atoms with van der Waals surface area (Å²) < 4.78 is 7.29. The first kappa shape index (κ1) is 14.8. The number of imidazole rings is 1. The van der Waals surface area contributed by atoms with E-state index < -0.39 is 11.7 Å². The second-order valence-corrected chi connectivity index (χ2v) is 6.35. The highest BCUT2D eigenvalue weighted by Gasteiger charge is 2.38. The first-order valence-electron chi connectivity index (χ1n) is 6.83. The molecule has 1 saturated heterocycles. The third-order valence-electron chi connectivity index (χ3n) is 3.58. The lowest BCUT2D eigenvalue weighted by molar-refractivity contribution is 0.0270. The number of aliphatic hydroxyl groups is 1. The van der Waals surface area contributed by atoms with E-state index in [1.54, 1.807) is 11.1 Å². The monoisotopic (exact) mass is 281 g/mol. The lowest BCUT2D eigenvalue weighted by Gasteiger charge is -2.24. The molecule has 0 saturated carbocycles. The van der Waals surface area contributed by atoms with E-state index in [9.17, 15) is 9.90 Å². The Morgan fingerprint density at radius 2 is 2.10 bits per heavy atom.